The molecule has 0 heterocycles. The monoisotopic (exact) mass is 325 g/mol. The SMILES string of the molecule is CC(C)(C)OC(=O)OCCN(C(=O)OC(C)(C)C)S(=O)O. The maximum Gasteiger partial charge on any atom is 0.508 e. The van der Waals surface area contributed by atoms with Crippen LogP contribution in [0.5, 0.6) is 0 Å². The number of hydrogen-bond acceptors (Lipinski definition) is 6. The fraction of sp³-hybridized carbons (Fsp3) is 0.833. The fourth-order valence-corrected chi connectivity index (χ4v) is 1.43. The zero-order chi connectivity index (χ0) is 16.8. The lowest BCUT2D eigenvalue weighted by molar-refractivity contribution is -0.0103. The molecular weight excluding hydrogens is 302 g/mol. The predicted molar refractivity (Wildman–Crippen MR) is 75.9 cm³/mol. The van der Waals surface area contributed by atoms with Crippen molar-refractivity contribution in [3.8, 4) is 0 Å². The second-order valence-electron chi connectivity index (χ2n) is 6.13. The first-order valence-corrected chi connectivity index (χ1v) is 7.35. The highest BCUT2D eigenvalue weighted by molar-refractivity contribution is 7.77. The summed E-state index contributed by atoms with van der Waals surface area (Å²) in [7, 11) is 0. The highest BCUT2D eigenvalue weighted by Gasteiger charge is 2.26. The minimum absolute atomic E-state index is 0.291. The van der Waals surface area contributed by atoms with Crippen molar-refractivity contribution in [2.24, 2.45) is 0 Å². The zero-order valence-corrected chi connectivity index (χ0v) is 14.0. The van der Waals surface area contributed by atoms with Crippen LogP contribution in [0.2, 0.25) is 0 Å². The maximum absolute atomic E-state index is 11.7. The largest absolute Gasteiger partial charge is 0.508 e. The van der Waals surface area contributed by atoms with Gasteiger partial charge in [0, 0.05) is 0 Å². The van der Waals surface area contributed by atoms with Crippen LogP contribution in [0.3, 0.4) is 0 Å². The fourth-order valence-electron chi connectivity index (χ4n) is 1.04. The Bertz CT molecular complexity index is 397. The molecule has 0 aliphatic rings. The van der Waals surface area contributed by atoms with Crippen LogP contribution in [-0.2, 0) is 25.5 Å². The first kappa shape index (κ1) is 19.7. The molecule has 1 N–H and O–H groups in total. The molecule has 0 aromatic rings. The summed E-state index contributed by atoms with van der Waals surface area (Å²) in [5, 5.41) is 0. The van der Waals surface area contributed by atoms with E-state index in [4.69, 9.17) is 18.8 Å². The number of ether oxygens (including phenoxy) is 3. The molecule has 1 unspecified atom stereocenters. The summed E-state index contributed by atoms with van der Waals surface area (Å²) in [6.07, 6.45) is -1.90. The topological polar surface area (TPSA) is 102 Å². The van der Waals surface area contributed by atoms with Gasteiger partial charge in [-0.3, -0.25) is 4.55 Å². The van der Waals surface area contributed by atoms with Crippen LogP contribution in [0, 0.1) is 0 Å². The molecule has 0 saturated carbocycles. The predicted octanol–water partition coefficient (Wildman–Crippen LogP) is 2.31. The van der Waals surface area contributed by atoms with E-state index in [9.17, 15) is 13.8 Å². The van der Waals surface area contributed by atoms with Crippen molar-refractivity contribution in [1.82, 2.24) is 4.31 Å². The summed E-state index contributed by atoms with van der Waals surface area (Å²) in [4.78, 5) is 23.0. The molecular formula is C12H23NO7S. The number of carbonyl (C=O) groups excluding carboxylic acids is 2. The Kier molecular flexibility index (Phi) is 7.11. The van der Waals surface area contributed by atoms with Gasteiger partial charge in [0.25, 0.3) is 11.3 Å². The van der Waals surface area contributed by atoms with Crippen molar-refractivity contribution in [2.45, 2.75) is 52.7 Å². The first-order chi connectivity index (χ1) is 9.32. The summed E-state index contributed by atoms with van der Waals surface area (Å²) in [5.41, 5.74) is -1.51. The van der Waals surface area contributed by atoms with Crippen molar-refractivity contribution in [1.29, 1.82) is 0 Å². The molecule has 1 amide bonds. The van der Waals surface area contributed by atoms with Gasteiger partial charge in [-0.05, 0) is 41.5 Å². The molecule has 1 atom stereocenters. The lowest BCUT2D eigenvalue weighted by Crippen LogP contribution is -2.40. The number of nitrogens with zero attached hydrogens (tertiary/aromatic N) is 1. The lowest BCUT2D eigenvalue weighted by Gasteiger charge is -2.24. The molecule has 0 aromatic carbocycles. The van der Waals surface area contributed by atoms with Gasteiger partial charge in [0.15, 0.2) is 0 Å². The molecule has 0 bridgehead atoms. The Morgan fingerprint density at radius 2 is 1.52 bits per heavy atom. The standard InChI is InChI=1S/C12H23NO7S/c1-11(2,3)19-9(14)13(21(16)17)7-8-18-10(15)20-12(4,5)6/h7-8H2,1-6H3,(H,16,17). The van der Waals surface area contributed by atoms with Gasteiger partial charge in [-0.15, -0.1) is 0 Å². The van der Waals surface area contributed by atoms with E-state index < -0.39 is 34.7 Å². The van der Waals surface area contributed by atoms with Crippen LogP contribution in [0.4, 0.5) is 9.59 Å². The van der Waals surface area contributed by atoms with E-state index in [-0.39, 0.29) is 13.2 Å². The highest BCUT2D eigenvalue weighted by Crippen LogP contribution is 2.11. The van der Waals surface area contributed by atoms with Crippen molar-refractivity contribution in [3.63, 3.8) is 0 Å². The smallest absolute Gasteiger partial charge is 0.443 e. The van der Waals surface area contributed by atoms with E-state index in [1.54, 1.807) is 41.5 Å². The van der Waals surface area contributed by atoms with E-state index in [1.165, 1.54) is 0 Å². The molecule has 0 saturated heterocycles. The molecule has 0 aliphatic heterocycles. The van der Waals surface area contributed by atoms with E-state index in [2.05, 4.69) is 0 Å². The van der Waals surface area contributed by atoms with Crippen LogP contribution >= 0.6 is 0 Å². The molecule has 0 aromatic heterocycles. The van der Waals surface area contributed by atoms with Crippen molar-refractivity contribution in [2.75, 3.05) is 13.2 Å². The third-order valence-corrected chi connectivity index (χ3v) is 2.40. The van der Waals surface area contributed by atoms with Gasteiger partial charge in [0.1, 0.15) is 17.8 Å². The van der Waals surface area contributed by atoms with Gasteiger partial charge in [-0.2, -0.15) is 4.31 Å². The summed E-state index contributed by atoms with van der Waals surface area (Å²) in [6.45, 7) is 9.30. The molecule has 0 aliphatic carbocycles. The van der Waals surface area contributed by atoms with Gasteiger partial charge < -0.3 is 14.2 Å². The summed E-state index contributed by atoms with van der Waals surface area (Å²) in [6, 6.07) is 0. The molecule has 0 radical (unpaired) electrons. The Labute approximate surface area is 127 Å². The van der Waals surface area contributed by atoms with Crippen molar-refractivity contribution < 1.29 is 32.6 Å². The third-order valence-electron chi connectivity index (χ3n) is 1.69. The van der Waals surface area contributed by atoms with Gasteiger partial charge in [0.2, 0.25) is 0 Å². The zero-order valence-electron chi connectivity index (χ0n) is 13.2. The molecule has 0 fully saturated rings. The molecule has 9 heteroatoms. The van der Waals surface area contributed by atoms with E-state index in [0.717, 1.165) is 0 Å². The highest BCUT2D eigenvalue weighted by atomic mass is 32.2. The molecule has 124 valence electrons. The van der Waals surface area contributed by atoms with Gasteiger partial charge in [-0.25, -0.2) is 13.8 Å². The summed E-state index contributed by atoms with van der Waals surface area (Å²) < 4.78 is 35.3. The van der Waals surface area contributed by atoms with Crippen LogP contribution in [0.1, 0.15) is 41.5 Å². The van der Waals surface area contributed by atoms with Crippen LogP contribution in [0.15, 0.2) is 0 Å². The van der Waals surface area contributed by atoms with E-state index in [0.29, 0.717) is 4.31 Å². The second-order valence-corrected chi connectivity index (χ2v) is 7.03. The molecule has 21 heavy (non-hydrogen) atoms. The van der Waals surface area contributed by atoms with Crippen LogP contribution < -0.4 is 0 Å². The summed E-state index contributed by atoms with van der Waals surface area (Å²) >= 11 is -2.58. The Morgan fingerprint density at radius 1 is 1.05 bits per heavy atom. The average Bonchev–Trinajstić information content (AvgIpc) is 2.18. The average molecular weight is 325 g/mol. The Balaban J connectivity index is 4.39. The van der Waals surface area contributed by atoms with Crippen LogP contribution in [0.25, 0.3) is 0 Å². The number of hydrogen-bond donors (Lipinski definition) is 1. The van der Waals surface area contributed by atoms with E-state index in [1.807, 2.05) is 0 Å². The Morgan fingerprint density at radius 3 is 1.90 bits per heavy atom. The van der Waals surface area contributed by atoms with Crippen molar-refractivity contribution in [3.05, 3.63) is 0 Å². The minimum atomic E-state index is -2.58. The van der Waals surface area contributed by atoms with Gasteiger partial charge in [0.05, 0.1) is 6.54 Å². The number of amides is 1. The lowest BCUT2D eigenvalue weighted by atomic mass is 10.2. The molecule has 0 rings (SSSR count). The Hall–Kier alpha value is -1.35. The third kappa shape index (κ3) is 10.1. The maximum atomic E-state index is 11.7. The summed E-state index contributed by atoms with van der Waals surface area (Å²) in [5.74, 6) is 0. The minimum Gasteiger partial charge on any atom is -0.443 e. The second kappa shape index (κ2) is 7.60. The van der Waals surface area contributed by atoms with E-state index >= 15 is 0 Å². The van der Waals surface area contributed by atoms with Gasteiger partial charge in [-0.1, -0.05) is 0 Å². The quantitative estimate of drug-likeness (QED) is 0.625. The van der Waals surface area contributed by atoms with Crippen LogP contribution in [-0.4, -0.2) is 49.7 Å². The van der Waals surface area contributed by atoms with Gasteiger partial charge >= 0.3 is 12.2 Å². The number of carbonyl (C=O) groups is 2. The molecule has 8 nitrogen and oxygen atoms in total. The normalized spacial score (nSPS) is 13.3. The first-order valence-electron chi connectivity index (χ1n) is 6.29. The molecule has 0 spiro atoms. The number of rotatable bonds is 4. The van der Waals surface area contributed by atoms with Crippen molar-refractivity contribution >= 4 is 23.5 Å².